The highest BCUT2D eigenvalue weighted by molar-refractivity contribution is 6.32. The zero-order valence-corrected chi connectivity index (χ0v) is 13.9. The Kier molecular flexibility index (Phi) is 5.60. The van der Waals surface area contributed by atoms with Crippen LogP contribution in [0.5, 0.6) is 5.75 Å². The Hall–Kier alpha value is -2.08. The molecule has 0 aromatic heterocycles. The molecule has 1 aromatic carbocycles. The lowest BCUT2D eigenvalue weighted by atomic mass is 9.96. The summed E-state index contributed by atoms with van der Waals surface area (Å²) in [5.41, 5.74) is 1.29. The maximum absolute atomic E-state index is 14.6. The van der Waals surface area contributed by atoms with Crippen molar-refractivity contribution in [3.05, 3.63) is 40.3 Å². The summed E-state index contributed by atoms with van der Waals surface area (Å²) in [6.45, 7) is 2.46. The van der Waals surface area contributed by atoms with E-state index in [2.05, 4.69) is 10.3 Å². The predicted molar refractivity (Wildman–Crippen MR) is 86.5 cm³/mol. The van der Waals surface area contributed by atoms with E-state index >= 15 is 0 Å². The van der Waals surface area contributed by atoms with Crippen molar-refractivity contribution in [2.24, 2.45) is 4.99 Å². The molecular weight excluding hydrogens is 323 g/mol. The van der Waals surface area contributed by atoms with Crippen molar-refractivity contribution in [1.82, 2.24) is 5.32 Å². The maximum Gasteiger partial charge on any atom is 0.354 e. The average molecular weight is 341 g/mol. The number of ether oxygens (including phenoxy) is 2. The second-order valence-electron chi connectivity index (χ2n) is 4.90. The monoisotopic (exact) mass is 340 g/mol. The van der Waals surface area contributed by atoms with Crippen LogP contribution >= 0.6 is 11.6 Å². The van der Waals surface area contributed by atoms with Gasteiger partial charge in [0.05, 0.1) is 25.3 Å². The Balaban J connectivity index is 2.43. The van der Waals surface area contributed by atoms with E-state index in [0.717, 1.165) is 0 Å². The zero-order valence-electron chi connectivity index (χ0n) is 13.2. The third-order valence-corrected chi connectivity index (χ3v) is 3.78. The van der Waals surface area contributed by atoms with Gasteiger partial charge >= 0.3 is 5.97 Å². The quantitative estimate of drug-likeness (QED) is 0.856. The molecule has 1 atom stereocenters. The number of hydrogen-bond acceptors (Lipinski definition) is 5. The van der Waals surface area contributed by atoms with Crippen molar-refractivity contribution in [2.45, 2.75) is 19.4 Å². The van der Waals surface area contributed by atoms with E-state index in [-0.39, 0.29) is 16.5 Å². The molecule has 23 heavy (non-hydrogen) atoms. The number of aliphatic imine (C=N–C) groups is 1. The molecule has 0 saturated heterocycles. The lowest BCUT2D eigenvalue weighted by Gasteiger charge is -2.26. The van der Waals surface area contributed by atoms with Crippen molar-refractivity contribution in [3.8, 4) is 5.75 Å². The first-order valence-corrected chi connectivity index (χ1v) is 7.51. The summed E-state index contributed by atoms with van der Waals surface area (Å²) in [5, 5.41) is 3.18. The second kappa shape index (κ2) is 7.46. The van der Waals surface area contributed by atoms with Crippen LogP contribution in [0.15, 0.2) is 28.9 Å². The van der Waals surface area contributed by atoms with Crippen LogP contribution in [0.1, 0.15) is 24.9 Å². The van der Waals surface area contributed by atoms with Crippen molar-refractivity contribution >= 4 is 23.3 Å². The van der Waals surface area contributed by atoms with E-state index in [4.69, 9.17) is 21.1 Å². The van der Waals surface area contributed by atoms with Gasteiger partial charge in [-0.3, -0.25) is 4.99 Å². The number of rotatable bonds is 4. The standard InChI is InChI=1S/C16H18ClFN2O3/c1-4-19-9-7-12(20-13(8-9)16(21)23-3)10-5-6-11(17)15(22-2)14(10)18/h5-6,8,12,20H,4,7H2,1-3H3/b19-9+. The fraction of sp³-hybridized carbons (Fsp3) is 0.375. The molecule has 7 heteroatoms. The molecule has 2 rings (SSSR count). The van der Waals surface area contributed by atoms with E-state index < -0.39 is 17.8 Å². The van der Waals surface area contributed by atoms with Crippen LogP contribution in [0.25, 0.3) is 0 Å². The van der Waals surface area contributed by atoms with Crippen LogP contribution in [-0.2, 0) is 9.53 Å². The number of esters is 1. The van der Waals surface area contributed by atoms with Gasteiger partial charge in [0.1, 0.15) is 5.70 Å². The van der Waals surface area contributed by atoms with Gasteiger partial charge in [-0.05, 0) is 19.1 Å². The largest absolute Gasteiger partial charge is 0.492 e. The number of carbonyl (C=O) groups excluding carboxylic acids is 1. The minimum absolute atomic E-state index is 0.0193. The summed E-state index contributed by atoms with van der Waals surface area (Å²) in [6.07, 6.45) is 2.06. The van der Waals surface area contributed by atoms with Crippen molar-refractivity contribution < 1.29 is 18.7 Å². The van der Waals surface area contributed by atoms with Gasteiger partial charge in [0.25, 0.3) is 0 Å². The Labute approximate surface area is 139 Å². The molecule has 1 heterocycles. The van der Waals surface area contributed by atoms with Gasteiger partial charge in [-0.2, -0.15) is 0 Å². The first kappa shape index (κ1) is 17.3. The molecule has 5 nitrogen and oxygen atoms in total. The third kappa shape index (κ3) is 3.64. The molecule has 1 aromatic rings. The maximum atomic E-state index is 14.6. The van der Waals surface area contributed by atoms with Gasteiger partial charge in [-0.1, -0.05) is 17.7 Å². The molecule has 1 aliphatic heterocycles. The fourth-order valence-electron chi connectivity index (χ4n) is 2.45. The molecule has 0 fully saturated rings. The Morgan fingerprint density at radius 2 is 2.22 bits per heavy atom. The van der Waals surface area contributed by atoms with Gasteiger partial charge in [-0.15, -0.1) is 0 Å². The Bertz CT molecular complexity index is 674. The van der Waals surface area contributed by atoms with Gasteiger partial charge < -0.3 is 14.8 Å². The zero-order chi connectivity index (χ0) is 17.0. The lowest BCUT2D eigenvalue weighted by Crippen LogP contribution is -2.33. The summed E-state index contributed by atoms with van der Waals surface area (Å²) in [4.78, 5) is 16.1. The normalized spacial score (nSPS) is 19.1. The van der Waals surface area contributed by atoms with Crippen molar-refractivity contribution in [1.29, 1.82) is 0 Å². The average Bonchev–Trinajstić information content (AvgIpc) is 2.54. The number of methoxy groups -OCH3 is 2. The number of hydrogen-bond donors (Lipinski definition) is 1. The number of allylic oxidation sites excluding steroid dienone is 1. The minimum Gasteiger partial charge on any atom is -0.492 e. The van der Waals surface area contributed by atoms with E-state index in [1.54, 1.807) is 18.2 Å². The predicted octanol–water partition coefficient (Wildman–Crippen LogP) is 3.04. The van der Waals surface area contributed by atoms with Crippen LogP contribution in [0, 0.1) is 5.82 Å². The smallest absolute Gasteiger partial charge is 0.354 e. The molecule has 1 unspecified atom stereocenters. The van der Waals surface area contributed by atoms with Crippen molar-refractivity contribution in [2.75, 3.05) is 20.8 Å². The summed E-state index contributed by atoms with van der Waals surface area (Å²) < 4.78 is 24.4. The number of halogens is 2. The molecule has 0 bridgehead atoms. The molecule has 0 aliphatic carbocycles. The number of carbonyl (C=O) groups is 1. The SMILES string of the molecule is CC/N=C1/C=C(C(=O)OC)NC(c2ccc(Cl)c(OC)c2F)C1. The van der Waals surface area contributed by atoms with Crippen molar-refractivity contribution in [3.63, 3.8) is 0 Å². The Morgan fingerprint density at radius 1 is 1.48 bits per heavy atom. The van der Waals surface area contributed by atoms with E-state index in [1.165, 1.54) is 14.2 Å². The molecule has 124 valence electrons. The summed E-state index contributed by atoms with van der Waals surface area (Å²) in [5.74, 6) is -1.10. The molecule has 0 radical (unpaired) electrons. The molecule has 0 spiro atoms. The highest BCUT2D eigenvalue weighted by Gasteiger charge is 2.27. The summed E-state index contributed by atoms with van der Waals surface area (Å²) >= 11 is 5.93. The van der Waals surface area contributed by atoms with Gasteiger partial charge in [0, 0.05) is 24.2 Å². The topological polar surface area (TPSA) is 59.9 Å². The number of benzene rings is 1. The molecule has 0 amide bonds. The van der Waals surface area contributed by atoms with Crippen LogP contribution in [-0.4, -0.2) is 32.4 Å². The fourth-order valence-corrected chi connectivity index (χ4v) is 2.67. The van der Waals surface area contributed by atoms with Crippen LogP contribution in [0.2, 0.25) is 5.02 Å². The summed E-state index contributed by atoms with van der Waals surface area (Å²) in [7, 11) is 2.64. The van der Waals surface area contributed by atoms with E-state index in [0.29, 0.717) is 24.2 Å². The lowest BCUT2D eigenvalue weighted by molar-refractivity contribution is -0.136. The van der Waals surface area contributed by atoms with Gasteiger partial charge in [-0.25, -0.2) is 9.18 Å². The van der Waals surface area contributed by atoms with Crippen LogP contribution < -0.4 is 10.1 Å². The first-order valence-electron chi connectivity index (χ1n) is 7.13. The number of nitrogens with zero attached hydrogens (tertiary/aromatic N) is 1. The third-order valence-electron chi connectivity index (χ3n) is 3.48. The first-order chi connectivity index (χ1) is 11.0. The minimum atomic E-state index is -0.556. The van der Waals surface area contributed by atoms with Gasteiger partial charge in [0.2, 0.25) is 0 Å². The van der Waals surface area contributed by atoms with Gasteiger partial charge in [0.15, 0.2) is 11.6 Å². The molecule has 1 N–H and O–H groups in total. The van der Waals surface area contributed by atoms with E-state index in [1.807, 2.05) is 6.92 Å². The highest BCUT2D eigenvalue weighted by Crippen LogP contribution is 2.34. The molecule has 0 saturated carbocycles. The molecule has 1 aliphatic rings. The van der Waals surface area contributed by atoms with Crippen LogP contribution in [0.4, 0.5) is 4.39 Å². The summed E-state index contributed by atoms with van der Waals surface area (Å²) in [6, 6.07) is 2.67. The van der Waals surface area contributed by atoms with Crippen LogP contribution in [0.3, 0.4) is 0 Å². The Morgan fingerprint density at radius 3 is 2.83 bits per heavy atom. The highest BCUT2D eigenvalue weighted by atomic mass is 35.5. The molecular formula is C16H18ClFN2O3. The van der Waals surface area contributed by atoms with E-state index in [9.17, 15) is 9.18 Å². The second-order valence-corrected chi connectivity index (χ2v) is 5.31. The number of nitrogens with one attached hydrogen (secondary N) is 1.